The van der Waals surface area contributed by atoms with Crippen LogP contribution in [0.2, 0.25) is 0 Å². The van der Waals surface area contributed by atoms with E-state index in [-0.39, 0.29) is 10.8 Å². The highest BCUT2D eigenvalue weighted by Crippen LogP contribution is 2.67. The maximum absolute atomic E-state index is 11.8. The van der Waals surface area contributed by atoms with Crippen LogP contribution in [0.5, 0.6) is 0 Å². The van der Waals surface area contributed by atoms with Gasteiger partial charge in [-0.3, -0.25) is 4.79 Å². The molecule has 0 saturated heterocycles. The van der Waals surface area contributed by atoms with Gasteiger partial charge in [-0.25, -0.2) is 0 Å². The predicted octanol–water partition coefficient (Wildman–Crippen LogP) is 3.53. The molecule has 4 rings (SSSR count). The van der Waals surface area contributed by atoms with Crippen molar-refractivity contribution in [1.82, 2.24) is 0 Å². The van der Waals surface area contributed by atoms with Crippen molar-refractivity contribution in [2.75, 3.05) is 0 Å². The van der Waals surface area contributed by atoms with E-state index in [1.807, 2.05) is 6.08 Å². The van der Waals surface area contributed by atoms with Gasteiger partial charge in [-0.1, -0.05) is 25.3 Å². The van der Waals surface area contributed by atoms with Gasteiger partial charge >= 0.3 is 0 Å². The van der Waals surface area contributed by atoms with E-state index in [2.05, 4.69) is 19.8 Å². The molecule has 3 fully saturated rings. The van der Waals surface area contributed by atoms with E-state index < -0.39 is 10.7 Å². The normalized spacial score (nSPS) is 45.2. The Morgan fingerprint density at radius 1 is 1.19 bits per heavy atom. The van der Waals surface area contributed by atoms with Crippen LogP contribution < -0.4 is 0 Å². The highest BCUT2D eigenvalue weighted by molar-refractivity contribution is 5.91. The third-order valence-corrected chi connectivity index (χ3v) is 8.35. The molecular weight excluding hydrogens is 346 g/mol. The first kappa shape index (κ1) is 19.9. The number of nitrogens with zero attached hydrogens (tertiary/aromatic N) is 1. The zero-order valence-electron chi connectivity index (χ0n) is 16.1. The number of terminal acetylenes is 1. The summed E-state index contributed by atoms with van der Waals surface area (Å²) in [6.07, 6.45) is 15.6. The molecule has 148 valence electrons. The molecule has 6 nitrogen and oxygen atoms in total. The summed E-state index contributed by atoms with van der Waals surface area (Å²) >= 11 is 0. The smallest absolute Gasteiger partial charge is 0.291 e. The van der Waals surface area contributed by atoms with Gasteiger partial charge in [-0.15, -0.1) is 16.5 Å². The molecule has 0 aromatic rings. The maximum Gasteiger partial charge on any atom is 0.291 e. The van der Waals surface area contributed by atoms with Crippen molar-refractivity contribution in [1.29, 1.82) is 0 Å². The molecule has 0 radical (unpaired) electrons. The number of carbonyl (C=O) groups excluding carboxylic acids is 1. The van der Waals surface area contributed by atoms with Crippen molar-refractivity contribution < 1.29 is 20.2 Å². The zero-order chi connectivity index (χ0) is 20.0. The second kappa shape index (κ2) is 6.63. The molecule has 0 spiro atoms. The monoisotopic (exact) mass is 375 g/mol. The van der Waals surface area contributed by atoms with Gasteiger partial charge < -0.3 is 10.3 Å². The lowest BCUT2D eigenvalue weighted by Gasteiger charge is -2.58. The fourth-order valence-corrected chi connectivity index (χ4v) is 6.81. The zero-order valence-corrected chi connectivity index (χ0v) is 16.1. The van der Waals surface area contributed by atoms with Crippen molar-refractivity contribution in [2.45, 2.75) is 70.8 Å². The standard InChI is InChI=1S/C21H28O2.HNO3/c1-4-21(23)12-9-18-16-6-5-14-13-15(22)7-10-19(14,2)17(16)8-11-20(18,21)3;2-1(3)4/h1,13,16-18,23H,5-12H2,2-3H3;(H,2,3,4)/t16-,17+,18+,19+,20+,21+;/m1./s1. The van der Waals surface area contributed by atoms with Crippen LogP contribution in [0.15, 0.2) is 11.6 Å². The van der Waals surface area contributed by atoms with Crippen molar-refractivity contribution in [3.05, 3.63) is 21.8 Å². The Labute approximate surface area is 160 Å². The van der Waals surface area contributed by atoms with E-state index in [1.54, 1.807) is 0 Å². The van der Waals surface area contributed by atoms with Crippen LogP contribution >= 0.6 is 0 Å². The molecular formula is C21H29NO5. The first-order valence-corrected chi connectivity index (χ1v) is 9.85. The Bertz CT molecular complexity index is 721. The summed E-state index contributed by atoms with van der Waals surface area (Å²) < 4.78 is 0. The van der Waals surface area contributed by atoms with E-state index in [1.165, 1.54) is 12.0 Å². The summed E-state index contributed by atoms with van der Waals surface area (Å²) in [5.74, 6) is 4.93. The molecule has 0 amide bonds. The number of hydrogen-bond acceptors (Lipinski definition) is 4. The molecule has 0 heterocycles. The Hall–Kier alpha value is -1.87. The van der Waals surface area contributed by atoms with Crippen molar-refractivity contribution in [3.8, 4) is 12.3 Å². The van der Waals surface area contributed by atoms with Crippen LogP contribution in [0.25, 0.3) is 0 Å². The van der Waals surface area contributed by atoms with Crippen molar-refractivity contribution >= 4 is 5.78 Å². The number of rotatable bonds is 0. The summed E-state index contributed by atoms with van der Waals surface area (Å²) in [5.41, 5.74) is 0.575. The molecule has 27 heavy (non-hydrogen) atoms. The average Bonchev–Trinajstić information content (AvgIpc) is 2.87. The summed E-state index contributed by atoms with van der Waals surface area (Å²) in [7, 11) is 0. The van der Waals surface area contributed by atoms with Gasteiger partial charge in [0.1, 0.15) is 5.60 Å². The average molecular weight is 375 g/mol. The van der Waals surface area contributed by atoms with Gasteiger partial charge in [-0.2, -0.15) is 0 Å². The molecule has 0 bridgehead atoms. The molecule has 6 atom stereocenters. The number of carbonyl (C=O) groups is 1. The Morgan fingerprint density at radius 2 is 1.81 bits per heavy atom. The third kappa shape index (κ3) is 2.97. The molecule has 4 aliphatic rings. The Balaban J connectivity index is 0.000000481. The highest BCUT2D eigenvalue weighted by Gasteiger charge is 2.63. The minimum absolute atomic E-state index is 0.120. The molecule has 0 aliphatic heterocycles. The van der Waals surface area contributed by atoms with Crippen LogP contribution in [-0.4, -0.2) is 26.8 Å². The molecule has 2 N–H and O–H groups in total. The van der Waals surface area contributed by atoms with Crippen molar-refractivity contribution in [2.24, 2.45) is 28.6 Å². The molecule has 0 unspecified atom stereocenters. The van der Waals surface area contributed by atoms with Crippen LogP contribution in [0.3, 0.4) is 0 Å². The number of hydrogen-bond donors (Lipinski definition) is 2. The number of fused-ring (bicyclic) bond motifs is 5. The Kier molecular flexibility index (Phi) is 4.88. The first-order chi connectivity index (χ1) is 12.6. The van der Waals surface area contributed by atoms with E-state index in [4.69, 9.17) is 21.7 Å². The molecule has 0 aromatic heterocycles. The van der Waals surface area contributed by atoms with Crippen LogP contribution in [-0.2, 0) is 4.79 Å². The first-order valence-electron chi connectivity index (χ1n) is 9.85. The van der Waals surface area contributed by atoms with Crippen LogP contribution in [0.1, 0.15) is 65.2 Å². The number of ketones is 1. The fourth-order valence-electron chi connectivity index (χ4n) is 6.81. The second-order valence-electron chi connectivity index (χ2n) is 9.21. The second-order valence-corrected chi connectivity index (χ2v) is 9.21. The van der Waals surface area contributed by atoms with Crippen molar-refractivity contribution in [3.63, 3.8) is 0 Å². The minimum atomic E-state index is -1.50. The van der Waals surface area contributed by atoms with Gasteiger partial charge in [0.2, 0.25) is 0 Å². The fraction of sp³-hybridized carbons (Fsp3) is 0.762. The lowest BCUT2D eigenvalue weighted by molar-refractivity contribution is -0.742. The van der Waals surface area contributed by atoms with Crippen LogP contribution in [0, 0.1) is 51.0 Å². The quantitative estimate of drug-likeness (QED) is 0.383. The van der Waals surface area contributed by atoms with Gasteiger partial charge in [0.15, 0.2) is 5.78 Å². The van der Waals surface area contributed by atoms with Crippen LogP contribution in [0.4, 0.5) is 0 Å². The number of aliphatic hydroxyl groups is 1. The predicted molar refractivity (Wildman–Crippen MR) is 99.3 cm³/mol. The highest BCUT2D eigenvalue weighted by atomic mass is 16.9. The SMILES string of the molecule is C#C[C@]1(O)CC[C@H]2[C@@H]3CCC4=CC(=O)CC[C@]4(C)[C@H]3CC[C@@]21C.O=[N+]([O-])O. The van der Waals surface area contributed by atoms with E-state index in [9.17, 15) is 9.90 Å². The molecule has 0 aromatic carbocycles. The largest absolute Gasteiger partial charge is 0.377 e. The van der Waals surface area contributed by atoms with E-state index in [0.717, 1.165) is 38.5 Å². The summed E-state index contributed by atoms with van der Waals surface area (Å²) in [4.78, 5) is 20.2. The topological polar surface area (TPSA) is 101 Å². The molecule has 4 aliphatic carbocycles. The maximum atomic E-state index is 11.8. The molecule has 3 saturated carbocycles. The van der Waals surface area contributed by atoms with Gasteiger partial charge in [0, 0.05) is 11.8 Å². The third-order valence-electron chi connectivity index (χ3n) is 8.35. The summed E-state index contributed by atoms with van der Waals surface area (Å²) in [6, 6.07) is 0. The lowest BCUT2D eigenvalue weighted by Crippen LogP contribution is -2.54. The Morgan fingerprint density at radius 3 is 2.44 bits per heavy atom. The summed E-state index contributed by atoms with van der Waals surface area (Å²) in [5, 5.41) is 24.6. The lowest BCUT2D eigenvalue weighted by atomic mass is 9.46. The van der Waals surface area contributed by atoms with E-state index >= 15 is 0 Å². The summed E-state index contributed by atoms with van der Waals surface area (Å²) in [6.45, 7) is 4.63. The van der Waals surface area contributed by atoms with Gasteiger partial charge in [0.25, 0.3) is 5.09 Å². The van der Waals surface area contributed by atoms with Gasteiger partial charge in [-0.05, 0) is 74.2 Å². The number of allylic oxidation sites excluding steroid dienone is 1. The van der Waals surface area contributed by atoms with Gasteiger partial charge in [0.05, 0.1) is 0 Å². The molecule has 6 heteroatoms. The minimum Gasteiger partial charge on any atom is -0.377 e. The van der Waals surface area contributed by atoms with E-state index in [0.29, 0.717) is 30.0 Å².